The van der Waals surface area contributed by atoms with Gasteiger partial charge < -0.3 is 75.9 Å². The van der Waals surface area contributed by atoms with Gasteiger partial charge in [0.05, 0.1) is 85.3 Å². The van der Waals surface area contributed by atoms with Crippen molar-refractivity contribution >= 4 is 91.6 Å². The fraction of sp³-hybridized carbons (Fsp3) is 0.351. The number of pyridine rings is 2. The highest BCUT2D eigenvalue weighted by molar-refractivity contribution is 6.10. The summed E-state index contributed by atoms with van der Waals surface area (Å²) < 4.78 is 49.4. The highest BCUT2D eigenvalue weighted by Gasteiger charge is 2.30. The van der Waals surface area contributed by atoms with Crippen molar-refractivity contribution in [3.8, 4) is 34.5 Å². The Hall–Kier alpha value is -12.7. The van der Waals surface area contributed by atoms with E-state index in [2.05, 4.69) is 65.9 Å². The minimum Gasteiger partial charge on any atom is -0.491 e. The average Bonchev–Trinajstić information content (AvgIpc) is 0.802. The molecular formula is C97H110FN9O15. The molecule has 640 valence electrons. The van der Waals surface area contributed by atoms with E-state index in [4.69, 9.17) is 33.5 Å². The zero-order valence-electron chi connectivity index (χ0n) is 70.6. The number of carbonyl (C=O) groups excluding carboxylic acids is 7. The Morgan fingerprint density at radius 2 is 0.754 bits per heavy atom. The number of hydrogen-bond acceptors (Lipinski definition) is 17. The second kappa shape index (κ2) is 43.5. The molecule has 8 aromatic carbocycles. The molecule has 9 N–H and O–H groups in total. The number of nitrogens with one attached hydrogen (secondary N) is 7. The van der Waals surface area contributed by atoms with Crippen LogP contribution < -0.4 is 65.6 Å². The fourth-order valence-corrected chi connectivity index (χ4v) is 14.0. The van der Waals surface area contributed by atoms with Crippen LogP contribution in [0.15, 0.2) is 194 Å². The monoisotopic (exact) mass is 1660 g/mol. The number of aryl methyl sites for hydroxylation is 1. The lowest BCUT2D eigenvalue weighted by atomic mass is 9.80. The number of allylic oxidation sites excluding steroid dienone is 1. The number of anilines is 5. The first kappa shape index (κ1) is 90.0. The lowest BCUT2D eigenvalue weighted by Gasteiger charge is -2.30. The van der Waals surface area contributed by atoms with Crippen LogP contribution >= 0.6 is 0 Å². The molecule has 0 radical (unpaired) electrons. The van der Waals surface area contributed by atoms with Crippen LogP contribution in [0.25, 0.3) is 21.8 Å². The highest BCUT2D eigenvalue weighted by atomic mass is 19.1. The van der Waals surface area contributed by atoms with Gasteiger partial charge in [-0.2, -0.15) is 0 Å². The van der Waals surface area contributed by atoms with Crippen LogP contribution in [0.5, 0.6) is 34.5 Å². The van der Waals surface area contributed by atoms with Crippen molar-refractivity contribution < 1.29 is 76.6 Å². The Bertz CT molecular complexity index is 5040. The number of ether oxygens (including phenoxy) is 6. The molecule has 0 saturated heterocycles. The Kier molecular flexibility index (Phi) is 32.1. The number of hydrogen-bond donors (Lipinski definition) is 9. The molecule has 2 fully saturated rings. The summed E-state index contributed by atoms with van der Waals surface area (Å²) in [5.74, 6) is -0.573. The van der Waals surface area contributed by atoms with Crippen molar-refractivity contribution in [3.63, 3.8) is 0 Å². The third-order valence-electron chi connectivity index (χ3n) is 20.6. The molecular weight excluding hydrogens is 1550 g/mol. The van der Waals surface area contributed by atoms with Gasteiger partial charge in [0.15, 0.2) is 11.6 Å². The van der Waals surface area contributed by atoms with E-state index in [9.17, 15) is 43.1 Å². The van der Waals surface area contributed by atoms with Gasteiger partial charge in [0.2, 0.25) is 5.91 Å². The number of carbonyl (C=O) groups is 7. The number of aliphatic hydroxyl groups is 2. The van der Waals surface area contributed by atoms with Gasteiger partial charge in [-0.3, -0.25) is 43.5 Å². The number of fused-ring (bicyclic) bond motifs is 2. The van der Waals surface area contributed by atoms with E-state index < -0.39 is 29.4 Å². The van der Waals surface area contributed by atoms with Gasteiger partial charge in [-0.1, -0.05) is 110 Å². The van der Waals surface area contributed by atoms with Crippen molar-refractivity contribution in [3.05, 3.63) is 245 Å². The Balaban J connectivity index is 0.000000238. The predicted molar refractivity (Wildman–Crippen MR) is 473 cm³/mol. The van der Waals surface area contributed by atoms with Gasteiger partial charge in [0, 0.05) is 68.4 Å². The van der Waals surface area contributed by atoms with Crippen LogP contribution in [0, 0.1) is 48.2 Å². The minimum atomic E-state index is -0.667. The van der Waals surface area contributed by atoms with Crippen molar-refractivity contribution in [2.24, 2.45) is 35.5 Å². The number of benzene rings is 8. The van der Waals surface area contributed by atoms with Gasteiger partial charge in [-0.15, -0.1) is 0 Å². The topological polar surface area (TPSA) is 325 Å². The average molecular weight is 1660 g/mol. The first-order valence-electron chi connectivity index (χ1n) is 41.7. The van der Waals surface area contributed by atoms with Crippen LogP contribution in [0.3, 0.4) is 0 Å². The Morgan fingerprint density at radius 1 is 0.402 bits per heavy atom. The maximum absolute atomic E-state index is 14.2. The summed E-state index contributed by atoms with van der Waals surface area (Å²) in [5.41, 5.74) is 8.94. The third kappa shape index (κ3) is 25.7. The van der Waals surface area contributed by atoms with Crippen LogP contribution in [-0.2, 0) is 11.2 Å². The lowest BCUT2D eigenvalue weighted by Crippen LogP contribution is -2.39. The van der Waals surface area contributed by atoms with Gasteiger partial charge in [-0.05, 0) is 233 Å². The number of halogens is 1. The van der Waals surface area contributed by atoms with Gasteiger partial charge in [0.25, 0.3) is 35.4 Å². The first-order valence-corrected chi connectivity index (χ1v) is 41.7. The molecule has 0 bridgehead atoms. The molecule has 2 heterocycles. The summed E-state index contributed by atoms with van der Waals surface area (Å²) in [6, 6.07) is 48.0. The summed E-state index contributed by atoms with van der Waals surface area (Å²) in [6.45, 7) is 23.1. The molecule has 0 spiro atoms. The molecule has 122 heavy (non-hydrogen) atoms. The number of rotatable bonds is 35. The van der Waals surface area contributed by atoms with E-state index in [-0.39, 0.29) is 114 Å². The molecule has 7 amide bonds. The van der Waals surface area contributed by atoms with Crippen LogP contribution in [-0.4, -0.2) is 126 Å². The maximum atomic E-state index is 14.2. The minimum absolute atomic E-state index is 0.0252. The number of nitrogens with zero attached hydrogens (tertiary/aromatic N) is 2. The molecule has 2 saturated carbocycles. The molecule has 2 aliphatic rings. The fourth-order valence-electron chi connectivity index (χ4n) is 14.0. The first-order chi connectivity index (χ1) is 58.7. The van der Waals surface area contributed by atoms with E-state index in [0.29, 0.717) is 126 Å². The van der Waals surface area contributed by atoms with Crippen LogP contribution in [0.1, 0.15) is 180 Å². The molecule has 0 aliphatic heterocycles. The Morgan fingerprint density at radius 3 is 1.17 bits per heavy atom. The lowest BCUT2D eigenvalue weighted by molar-refractivity contribution is -0.120. The molecule has 2 aliphatic carbocycles. The summed E-state index contributed by atoms with van der Waals surface area (Å²) >= 11 is 0. The second-order valence-electron chi connectivity index (χ2n) is 32.6. The molecule has 0 unspecified atom stereocenters. The zero-order valence-corrected chi connectivity index (χ0v) is 70.6. The number of amides is 7. The van der Waals surface area contributed by atoms with E-state index >= 15 is 0 Å². The number of aromatic nitrogens is 2. The zero-order chi connectivity index (χ0) is 86.9. The third-order valence-corrected chi connectivity index (χ3v) is 20.6. The summed E-state index contributed by atoms with van der Waals surface area (Å²) in [6.07, 6.45) is 10.5. The molecule has 0 atom stereocenters. The second-order valence-corrected chi connectivity index (χ2v) is 32.6. The molecule has 24 nitrogen and oxygen atoms in total. The summed E-state index contributed by atoms with van der Waals surface area (Å²) in [5, 5.41) is 41.2. The van der Waals surface area contributed by atoms with Gasteiger partial charge in [-0.25, -0.2) is 4.39 Å². The van der Waals surface area contributed by atoms with Crippen molar-refractivity contribution in [2.45, 2.75) is 132 Å². The predicted octanol–water partition coefficient (Wildman–Crippen LogP) is 17.8. The van der Waals surface area contributed by atoms with E-state index in [0.717, 1.165) is 71.1 Å². The van der Waals surface area contributed by atoms with E-state index in [1.54, 1.807) is 91.1 Å². The molecule has 10 aromatic rings. The van der Waals surface area contributed by atoms with E-state index in [1.165, 1.54) is 23.8 Å². The largest absolute Gasteiger partial charge is 0.491 e. The summed E-state index contributed by atoms with van der Waals surface area (Å²) in [4.78, 5) is 103. The summed E-state index contributed by atoms with van der Waals surface area (Å²) in [7, 11) is 0. The standard InChI is InChI=1S/C49H55FN4O7.C48H55N5O8/c1-30(2)28-60-45-25-37(47(56)52-39-15-10-34(11-16-39)32(5)22-33-23-35-8-6-7-9-41(35)51-27-33)13-18-42(45)54-49(58)38-14-19-43(46(26-38)61-29-31(3)4)53-48(57)36-12-17-40(50)44(24-36)59-21-20-55;1-29(2)27-60-43-24-35(46(56)50-37-16-12-32(13-17-37)45(55)51-38-22-33-8-6-7-9-39(33)49-26-38)14-18-40(43)53-48(58)36-15-19-41(44(25-36)61-28-30(3)4)52-47(57)34-11-10-31(5)42(23-34)59-21-20-54/h6-9,12-14,17-19,23-27,30-31,34,39,55H,5,10-11,15-16,20-22,28-29H2,1-4H3,(H,52,56)(H,53,57)(H,54,58);6-11,14-15,18-19,22-26,29-30,32,37,54H,12-13,16-17,20-21,27-28H2,1-5H3,(H,50,56)(H,51,55)(H,52,57)(H,53,58). The molecule has 2 aromatic heterocycles. The van der Waals surface area contributed by atoms with E-state index in [1.807, 2.05) is 117 Å². The normalized spacial score (nSPS) is 15.0. The quantitative estimate of drug-likeness (QED) is 0.0167. The molecule has 12 rings (SSSR count). The van der Waals surface area contributed by atoms with Crippen molar-refractivity contribution in [1.82, 2.24) is 20.6 Å². The maximum Gasteiger partial charge on any atom is 0.255 e. The SMILES string of the molecule is C=C(Cc1cnc2ccccc2c1)C1CCC(NC(=O)c2ccc(NC(=O)c3ccc(NC(=O)c4ccc(F)c(OCCO)c4)c(OCC(C)C)c3)c(OCC(C)C)c2)CC1.Cc1ccc(C(=O)Nc2ccc(C(=O)Nc3ccc(C(=O)NC4CCC(C(=O)Nc5cnc6ccccc6c5)CC4)cc3OCC(C)C)cc2OCC(C)C)cc1OCCO. The van der Waals surface area contributed by atoms with Crippen molar-refractivity contribution in [1.29, 1.82) is 0 Å². The number of aliphatic hydroxyl groups excluding tert-OH is 2. The Labute approximate surface area is 711 Å². The van der Waals surface area contributed by atoms with Crippen molar-refractivity contribution in [2.75, 3.05) is 79.4 Å². The molecule has 25 heteroatoms. The smallest absolute Gasteiger partial charge is 0.255 e. The van der Waals surface area contributed by atoms with Gasteiger partial charge >= 0.3 is 0 Å². The van der Waals surface area contributed by atoms with Crippen LogP contribution in [0.4, 0.5) is 32.8 Å². The number of para-hydroxylation sites is 2. The van der Waals surface area contributed by atoms with Gasteiger partial charge in [0.1, 0.15) is 42.0 Å². The van der Waals surface area contributed by atoms with Crippen LogP contribution in [0.2, 0.25) is 0 Å². The highest BCUT2D eigenvalue weighted by Crippen LogP contribution is 2.37.